The van der Waals surface area contributed by atoms with E-state index in [9.17, 15) is 18.4 Å². The third-order valence-electron chi connectivity index (χ3n) is 7.02. The number of hydrogen-bond acceptors (Lipinski definition) is 5. The number of carbonyl (C=O) groups is 1. The molecule has 0 spiro atoms. The number of amides is 1. The number of methoxy groups -OCH3 is 2. The Hall–Kier alpha value is -4.36. The van der Waals surface area contributed by atoms with E-state index < -0.39 is 23.0 Å². The zero-order valence-corrected chi connectivity index (χ0v) is 26.2. The maximum atomic E-state index is 14.1. The van der Waals surface area contributed by atoms with Crippen LogP contribution < -0.4 is 24.5 Å². The summed E-state index contributed by atoms with van der Waals surface area (Å²) in [4.78, 5) is 28.7. The van der Waals surface area contributed by atoms with Gasteiger partial charge in [-0.3, -0.25) is 14.5 Å². The summed E-state index contributed by atoms with van der Waals surface area (Å²) in [7, 11) is 3.03. The lowest BCUT2D eigenvalue weighted by atomic mass is 10.1. The van der Waals surface area contributed by atoms with Crippen molar-refractivity contribution < 1.29 is 27.8 Å². The Morgan fingerprint density at radius 3 is 2.20 bits per heavy atom. The molecule has 1 amide bonds. The smallest absolute Gasteiger partial charge is 0.264 e. The molecule has 0 aliphatic carbocycles. The first-order chi connectivity index (χ1) is 21.3. The molecule has 0 saturated heterocycles. The van der Waals surface area contributed by atoms with Crippen LogP contribution in [-0.2, 0) is 0 Å². The van der Waals surface area contributed by atoms with E-state index in [-0.39, 0.29) is 23.2 Å². The summed E-state index contributed by atoms with van der Waals surface area (Å²) in [5.41, 5.74) is 0.0571. The highest BCUT2D eigenvalue weighted by molar-refractivity contribution is 9.09. The maximum Gasteiger partial charge on any atom is 0.264 e. The van der Waals surface area contributed by atoms with Crippen molar-refractivity contribution in [2.75, 3.05) is 37.6 Å². The van der Waals surface area contributed by atoms with Crippen LogP contribution in [0.5, 0.6) is 17.2 Å². The number of anilines is 1. The molecule has 4 aromatic rings. The first kappa shape index (κ1) is 32.6. The molecule has 4 rings (SSSR count). The molecule has 0 fully saturated rings. The minimum Gasteiger partial charge on any atom is -0.497 e. The number of ether oxygens (including phenoxy) is 3. The number of benzene rings is 3. The molecule has 230 valence electrons. The molecule has 0 N–H and O–H groups in total. The van der Waals surface area contributed by atoms with Crippen molar-refractivity contribution in [2.45, 2.75) is 32.1 Å². The van der Waals surface area contributed by atoms with Crippen molar-refractivity contribution in [3.05, 3.63) is 88.2 Å². The molecule has 1 heterocycles. The molecule has 0 saturated carbocycles. The van der Waals surface area contributed by atoms with Crippen LogP contribution in [0.1, 0.15) is 42.5 Å². The zero-order chi connectivity index (χ0) is 31.6. The summed E-state index contributed by atoms with van der Waals surface area (Å²) in [6.07, 6.45) is 12.3. The number of alkyl halides is 1. The van der Waals surface area contributed by atoms with E-state index in [1.165, 1.54) is 20.4 Å². The van der Waals surface area contributed by atoms with Crippen LogP contribution in [0.25, 0.3) is 16.6 Å². The zero-order valence-electron chi connectivity index (χ0n) is 24.6. The van der Waals surface area contributed by atoms with Crippen molar-refractivity contribution in [3.63, 3.8) is 0 Å². The van der Waals surface area contributed by atoms with Crippen LogP contribution >= 0.6 is 15.9 Å². The number of carbonyl (C=O) groups excluding carboxylic acids is 1. The molecule has 0 atom stereocenters. The fourth-order valence-electron chi connectivity index (χ4n) is 4.82. The first-order valence-corrected chi connectivity index (χ1v) is 15.2. The second-order valence-electron chi connectivity index (χ2n) is 10.0. The van der Waals surface area contributed by atoms with Gasteiger partial charge in [-0.1, -0.05) is 41.1 Å². The van der Waals surface area contributed by atoms with Crippen LogP contribution in [0.15, 0.2) is 65.6 Å². The van der Waals surface area contributed by atoms with Crippen molar-refractivity contribution >= 4 is 38.4 Å². The second kappa shape index (κ2) is 15.4. The van der Waals surface area contributed by atoms with Gasteiger partial charge in [0.25, 0.3) is 5.91 Å². The van der Waals surface area contributed by atoms with Gasteiger partial charge in [0, 0.05) is 47.2 Å². The number of nitrogens with zero attached hydrogens (tertiary/aromatic N) is 2. The van der Waals surface area contributed by atoms with Gasteiger partial charge in [0.2, 0.25) is 5.43 Å². The molecule has 0 radical (unpaired) electrons. The average molecular weight is 668 g/mol. The normalized spacial score (nSPS) is 10.8. The Labute approximate surface area is 263 Å². The lowest BCUT2D eigenvalue weighted by molar-refractivity contribution is 0.0988. The van der Waals surface area contributed by atoms with E-state index in [1.807, 2.05) is 0 Å². The highest BCUT2D eigenvalue weighted by atomic mass is 79.9. The number of rotatable bonds is 14. The molecule has 0 unspecified atom stereocenters. The van der Waals surface area contributed by atoms with E-state index in [4.69, 9.17) is 20.6 Å². The third kappa shape index (κ3) is 7.77. The number of halogens is 3. The van der Waals surface area contributed by atoms with Crippen LogP contribution in [-0.4, -0.2) is 43.2 Å². The molecule has 0 aliphatic heterocycles. The van der Waals surface area contributed by atoms with Crippen molar-refractivity contribution in [1.29, 1.82) is 0 Å². The van der Waals surface area contributed by atoms with Gasteiger partial charge in [-0.15, -0.1) is 6.42 Å². The number of fused-ring (bicyclic) bond motifs is 1. The molecular weight excluding hydrogens is 634 g/mol. The van der Waals surface area contributed by atoms with E-state index in [2.05, 4.69) is 21.9 Å². The van der Waals surface area contributed by atoms with Crippen LogP contribution in [0.3, 0.4) is 0 Å². The van der Waals surface area contributed by atoms with Gasteiger partial charge in [-0.25, -0.2) is 8.78 Å². The molecular formula is C34H33BrF2N2O5. The minimum absolute atomic E-state index is 0.115. The predicted molar refractivity (Wildman–Crippen MR) is 172 cm³/mol. The lowest BCUT2D eigenvalue weighted by Gasteiger charge is -2.22. The fraction of sp³-hybridized carbons (Fsp3) is 0.294. The Bertz CT molecular complexity index is 1690. The molecule has 0 aliphatic rings. The Morgan fingerprint density at radius 1 is 0.909 bits per heavy atom. The molecule has 7 nitrogen and oxygen atoms in total. The van der Waals surface area contributed by atoms with E-state index in [1.54, 1.807) is 41.0 Å². The van der Waals surface area contributed by atoms with Crippen LogP contribution in [0.2, 0.25) is 0 Å². The maximum absolute atomic E-state index is 14.1. The van der Waals surface area contributed by atoms with E-state index in [0.717, 1.165) is 54.5 Å². The summed E-state index contributed by atoms with van der Waals surface area (Å²) >= 11 is 3.45. The molecule has 44 heavy (non-hydrogen) atoms. The number of unbranched alkanes of at least 4 members (excludes halogenated alkanes) is 4. The SMILES string of the molecule is C#CCN(C(=O)c1cn(-c2cc(OC)cc(OC)c2)c2cc(OCCCCCCCBr)ccc2c1=O)c1cc(F)cc(F)c1. The number of aromatic nitrogens is 1. The standard InChI is InChI=1S/C34H33BrF2N2O5/c1-4-13-38(25-16-23(36)15-24(37)17-25)34(41)31-22-39(26-18-28(42-2)20-29(19-26)43-3)32-21-27(10-11-30(32)33(31)40)44-14-9-7-5-6-8-12-35/h1,10-11,15-22H,5-9,12-14H2,2-3H3. The van der Waals surface area contributed by atoms with Crippen LogP contribution in [0.4, 0.5) is 14.5 Å². The van der Waals surface area contributed by atoms with Gasteiger partial charge >= 0.3 is 0 Å². The number of pyridine rings is 1. The van der Waals surface area contributed by atoms with Crippen molar-refractivity contribution in [1.82, 2.24) is 4.57 Å². The molecule has 0 bridgehead atoms. The van der Waals surface area contributed by atoms with E-state index >= 15 is 0 Å². The Morgan fingerprint density at radius 2 is 1.57 bits per heavy atom. The topological polar surface area (TPSA) is 70.0 Å². The van der Waals surface area contributed by atoms with Crippen molar-refractivity contribution in [3.8, 4) is 35.3 Å². The largest absolute Gasteiger partial charge is 0.497 e. The highest BCUT2D eigenvalue weighted by Gasteiger charge is 2.24. The summed E-state index contributed by atoms with van der Waals surface area (Å²) in [5, 5.41) is 1.23. The average Bonchev–Trinajstić information content (AvgIpc) is 3.02. The van der Waals surface area contributed by atoms with Crippen molar-refractivity contribution in [2.24, 2.45) is 0 Å². The van der Waals surface area contributed by atoms with Gasteiger partial charge in [-0.05, 0) is 37.1 Å². The Kier molecular flexibility index (Phi) is 11.4. The second-order valence-corrected chi connectivity index (χ2v) is 10.8. The fourth-order valence-corrected chi connectivity index (χ4v) is 5.22. The third-order valence-corrected chi connectivity index (χ3v) is 7.58. The predicted octanol–water partition coefficient (Wildman–Crippen LogP) is 7.29. The van der Waals surface area contributed by atoms with Gasteiger partial charge in [0.15, 0.2) is 0 Å². The van der Waals surface area contributed by atoms with Gasteiger partial charge in [0.05, 0.1) is 44.3 Å². The molecule has 1 aromatic heterocycles. The van der Waals surface area contributed by atoms with Gasteiger partial charge in [-0.2, -0.15) is 0 Å². The first-order valence-electron chi connectivity index (χ1n) is 14.1. The minimum atomic E-state index is -0.888. The Balaban J connectivity index is 1.82. The molecule has 10 heteroatoms. The van der Waals surface area contributed by atoms with Gasteiger partial charge < -0.3 is 18.8 Å². The van der Waals surface area contributed by atoms with Gasteiger partial charge in [0.1, 0.15) is 34.4 Å². The summed E-state index contributed by atoms with van der Waals surface area (Å²) in [6.45, 7) is 0.188. The quantitative estimate of drug-likeness (QED) is 0.0803. The number of hydrogen-bond donors (Lipinski definition) is 0. The highest BCUT2D eigenvalue weighted by Crippen LogP contribution is 2.29. The number of terminal acetylenes is 1. The molecule has 3 aromatic carbocycles. The van der Waals surface area contributed by atoms with E-state index in [0.29, 0.717) is 41.1 Å². The monoisotopic (exact) mass is 666 g/mol. The van der Waals surface area contributed by atoms with Crippen LogP contribution in [0, 0.1) is 24.0 Å². The summed E-state index contributed by atoms with van der Waals surface area (Å²) in [6, 6.07) is 12.8. The summed E-state index contributed by atoms with van der Waals surface area (Å²) in [5.74, 6) is 1.27. The lowest BCUT2D eigenvalue weighted by Crippen LogP contribution is -2.35. The summed E-state index contributed by atoms with van der Waals surface area (Å²) < 4.78 is 46.8.